The minimum atomic E-state index is 0. The molecule has 0 aliphatic heterocycles. The lowest BCUT2D eigenvalue weighted by atomic mass is 10.1. The molecule has 1 aromatic heterocycles. The number of aryl methyl sites for hydroxylation is 1. The lowest BCUT2D eigenvalue weighted by Crippen LogP contribution is -3.00. The van der Waals surface area contributed by atoms with Crippen molar-refractivity contribution in [1.29, 1.82) is 0 Å². The summed E-state index contributed by atoms with van der Waals surface area (Å²) >= 11 is 8.09. The molecule has 2 aromatic carbocycles. The summed E-state index contributed by atoms with van der Waals surface area (Å²) in [5, 5.41) is 2.04. The van der Waals surface area contributed by atoms with Crippen LogP contribution in [-0.4, -0.2) is 39.6 Å². The van der Waals surface area contributed by atoms with E-state index in [0.717, 1.165) is 24.5 Å². The van der Waals surface area contributed by atoms with Crippen LogP contribution < -0.4 is 33.4 Å². The first-order valence-corrected chi connectivity index (χ1v) is 10.4. The third-order valence-corrected chi connectivity index (χ3v) is 5.87. The summed E-state index contributed by atoms with van der Waals surface area (Å²) in [7, 11) is 8.39. The molecule has 0 radical (unpaired) electrons. The van der Waals surface area contributed by atoms with Gasteiger partial charge in [0.1, 0.15) is 4.70 Å². The fraction of sp³-hybridized carbons (Fsp3) is 0.318. The minimum Gasteiger partial charge on any atom is -1.00 e. The van der Waals surface area contributed by atoms with Crippen molar-refractivity contribution in [3.05, 3.63) is 58.1 Å². The summed E-state index contributed by atoms with van der Waals surface area (Å²) in [6.45, 7) is 2.05. The van der Waals surface area contributed by atoms with Crippen molar-refractivity contribution in [2.24, 2.45) is 0 Å². The van der Waals surface area contributed by atoms with Crippen molar-refractivity contribution in [2.45, 2.75) is 13.0 Å². The van der Waals surface area contributed by atoms with Crippen LogP contribution in [-0.2, 0) is 6.54 Å². The fourth-order valence-electron chi connectivity index (χ4n) is 3.17. The molecule has 0 N–H and O–H groups in total. The zero-order chi connectivity index (χ0) is 19.4. The van der Waals surface area contributed by atoms with Gasteiger partial charge in [-0.2, -0.15) is 4.57 Å². The first-order valence-electron chi connectivity index (χ1n) is 9.17. The van der Waals surface area contributed by atoms with Crippen LogP contribution >= 0.6 is 22.9 Å². The van der Waals surface area contributed by atoms with Crippen molar-refractivity contribution in [3.8, 4) is 0 Å². The lowest BCUT2D eigenvalue weighted by Gasteiger charge is -2.14. The second kappa shape index (κ2) is 10.6. The molecular weight excluding hydrogens is 501 g/mol. The topological polar surface area (TPSA) is 10.4 Å². The molecule has 0 spiro atoms. The summed E-state index contributed by atoms with van der Waals surface area (Å²) in [6, 6.07) is 14.6. The molecule has 1 heterocycles. The van der Waals surface area contributed by atoms with Gasteiger partial charge in [-0.05, 0) is 43.9 Å². The first kappa shape index (κ1) is 23.1. The Hall–Kier alpha value is -1.15. The SMILES string of the molecule is CN(C)CCC[n+]1c(C=Cc2ccccc2N(C)C)sc2ccc(Cl)cc21.[I-]. The fourth-order valence-corrected chi connectivity index (χ4v) is 4.41. The summed E-state index contributed by atoms with van der Waals surface area (Å²) in [6.07, 6.45) is 5.55. The number of aromatic nitrogens is 1. The molecule has 3 aromatic rings. The number of fused-ring (bicyclic) bond motifs is 1. The van der Waals surface area contributed by atoms with Gasteiger partial charge < -0.3 is 33.8 Å². The van der Waals surface area contributed by atoms with E-state index >= 15 is 0 Å². The van der Waals surface area contributed by atoms with Crippen LogP contribution in [0, 0.1) is 0 Å². The Balaban J connectivity index is 0.00000280. The maximum atomic E-state index is 6.27. The van der Waals surface area contributed by atoms with Crippen LogP contribution in [0.25, 0.3) is 22.4 Å². The lowest BCUT2D eigenvalue weighted by molar-refractivity contribution is -0.669. The Kier molecular flexibility index (Phi) is 8.74. The number of halogens is 2. The van der Waals surface area contributed by atoms with Gasteiger partial charge in [-0.15, -0.1) is 0 Å². The van der Waals surface area contributed by atoms with E-state index in [1.807, 2.05) is 17.4 Å². The number of hydrogen-bond donors (Lipinski definition) is 0. The summed E-state index contributed by atoms with van der Waals surface area (Å²) in [4.78, 5) is 4.38. The summed E-state index contributed by atoms with van der Waals surface area (Å²) < 4.78 is 3.66. The number of hydrogen-bond acceptors (Lipinski definition) is 3. The van der Waals surface area contributed by atoms with Gasteiger partial charge in [0.05, 0.1) is 0 Å². The molecular formula is C22H27ClIN3S. The largest absolute Gasteiger partial charge is 1.00 e. The summed E-state index contributed by atoms with van der Waals surface area (Å²) in [5.74, 6) is 0. The van der Waals surface area contributed by atoms with E-state index in [1.54, 1.807) is 0 Å². The van der Waals surface area contributed by atoms with Gasteiger partial charge in [0, 0.05) is 49.9 Å². The van der Waals surface area contributed by atoms with E-state index in [0.29, 0.717) is 0 Å². The second-order valence-corrected chi connectivity index (χ2v) is 8.65. The molecule has 0 saturated heterocycles. The van der Waals surface area contributed by atoms with Gasteiger partial charge in [-0.1, -0.05) is 41.1 Å². The number of rotatable bonds is 7. The molecule has 0 atom stereocenters. The molecule has 0 fully saturated rings. The number of para-hydroxylation sites is 1. The van der Waals surface area contributed by atoms with Crippen molar-refractivity contribution >= 4 is 51.0 Å². The van der Waals surface area contributed by atoms with E-state index in [-0.39, 0.29) is 24.0 Å². The highest BCUT2D eigenvalue weighted by Crippen LogP contribution is 2.26. The highest BCUT2D eigenvalue weighted by molar-refractivity contribution is 7.18. The van der Waals surface area contributed by atoms with Crippen LogP contribution in [0.1, 0.15) is 17.0 Å². The molecule has 28 heavy (non-hydrogen) atoms. The molecule has 6 heteroatoms. The van der Waals surface area contributed by atoms with E-state index in [1.165, 1.54) is 26.5 Å². The average Bonchev–Trinajstić information content (AvgIpc) is 2.97. The zero-order valence-electron chi connectivity index (χ0n) is 16.8. The number of thiazole rings is 1. The Morgan fingerprint density at radius 1 is 1.04 bits per heavy atom. The van der Waals surface area contributed by atoms with Gasteiger partial charge in [0.2, 0.25) is 5.52 Å². The van der Waals surface area contributed by atoms with Crippen molar-refractivity contribution in [1.82, 2.24) is 4.90 Å². The highest BCUT2D eigenvalue weighted by Gasteiger charge is 2.19. The maximum Gasteiger partial charge on any atom is 0.262 e. The molecule has 150 valence electrons. The predicted octanol–water partition coefficient (Wildman–Crippen LogP) is 2.03. The van der Waals surface area contributed by atoms with Gasteiger partial charge in [-0.25, -0.2) is 0 Å². The minimum absolute atomic E-state index is 0. The van der Waals surface area contributed by atoms with Crippen LogP contribution in [0.5, 0.6) is 0 Å². The summed E-state index contributed by atoms with van der Waals surface area (Å²) in [5.41, 5.74) is 3.65. The number of benzene rings is 2. The standard InChI is InChI=1S/C22H27ClN3S.HI/c1-24(2)14-7-15-26-20-16-18(23)11-12-21(20)27-22(26)13-10-17-8-5-6-9-19(17)25(3)4;/h5-6,8-13,16H,7,14-15H2,1-4H3;1H/q+1;/p-1. The quantitative estimate of drug-likeness (QED) is 0.344. The van der Waals surface area contributed by atoms with Crippen LogP contribution in [0.15, 0.2) is 42.5 Å². The van der Waals surface area contributed by atoms with E-state index in [4.69, 9.17) is 11.6 Å². The smallest absolute Gasteiger partial charge is 0.262 e. The number of nitrogens with zero attached hydrogens (tertiary/aromatic N) is 3. The molecule has 0 unspecified atom stereocenters. The second-order valence-electron chi connectivity index (χ2n) is 7.15. The van der Waals surface area contributed by atoms with Gasteiger partial charge in [0.15, 0.2) is 6.54 Å². The zero-order valence-corrected chi connectivity index (χ0v) is 20.6. The average molecular weight is 528 g/mol. The van der Waals surface area contributed by atoms with Crippen LogP contribution in [0.3, 0.4) is 0 Å². The third-order valence-electron chi connectivity index (χ3n) is 4.50. The normalized spacial score (nSPS) is 11.4. The molecule has 0 bridgehead atoms. The predicted molar refractivity (Wildman–Crippen MR) is 120 cm³/mol. The van der Waals surface area contributed by atoms with Gasteiger partial charge in [0.25, 0.3) is 5.01 Å². The van der Waals surface area contributed by atoms with E-state index in [9.17, 15) is 0 Å². The Labute approximate surface area is 194 Å². The first-order chi connectivity index (χ1) is 13.0. The Morgan fingerprint density at radius 2 is 1.79 bits per heavy atom. The van der Waals surface area contributed by atoms with E-state index in [2.05, 4.69) is 91.1 Å². The third kappa shape index (κ3) is 5.69. The molecule has 0 amide bonds. The maximum absolute atomic E-state index is 6.27. The highest BCUT2D eigenvalue weighted by atomic mass is 127. The van der Waals surface area contributed by atoms with Crippen LogP contribution in [0.2, 0.25) is 5.02 Å². The van der Waals surface area contributed by atoms with Gasteiger partial charge >= 0.3 is 0 Å². The molecule has 0 aliphatic rings. The van der Waals surface area contributed by atoms with Crippen LogP contribution in [0.4, 0.5) is 5.69 Å². The van der Waals surface area contributed by atoms with E-state index < -0.39 is 0 Å². The van der Waals surface area contributed by atoms with Gasteiger partial charge in [-0.3, -0.25) is 0 Å². The Morgan fingerprint density at radius 3 is 2.50 bits per heavy atom. The van der Waals surface area contributed by atoms with Crippen molar-refractivity contribution in [2.75, 3.05) is 39.6 Å². The monoisotopic (exact) mass is 527 g/mol. The molecule has 0 saturated carbocycles. The molecule has 3 nitrogen and oxygen atoms in total. The molecule has 0 aliphatic carbocycles. The number of anilines is 1. The molecule has 3 rings (SSSR count). The van der Waals surface area contributed by atoms with Crippen molar-refractivity contribution < 1.29 is 28.5 Å². The van der Waals surface area contributed by atoms with Crippen molar-refractivity contribution in [3.63, 3.8) is 0 Å². The Bertz CT molecular complexity index is 950.